The van der Waals surface area contributed by atoms with Crippen molar-refractivity contribution in [3.05, 3.63) is 35.9 Å². The van der Waals surface area contributed by atoms with Crippen molar-refractivity contribution >= 4 is 6.09 Å². The minimum Gasteiger partial charge on any atom is -0.444 e. The summed E-state index contributed by atoms with van der Waals surface area (Å²) in [6.45, 7) is 14.6. The lowest BCUT2D eigenvalue weighted by atomic mass is 10.2. The van der Waals surface area contributed by atoms with Crippen molar-refractivity contribution in [3.8, 4) is 0 Å². The van der Waals surface area contributed by atoms with Crippen molar-refractivity contribution in [2.75, 3.05) is 65.6 Å². The summed E-state index contributed by atoms with van der Waals surface area (Å²) in [4.78, 5) is 19.0. The Balaban J connectivity index is 1.48. The molecule has 1 atom stereocenters. The smallest absolute Gasteiger partial charge is 0.410 e. The van der Waals surface area contributed by atoms with Crippen LogP contribution in [0.5, 0.6) is 0 Å². The van der Waals surface area contributed by atoms with Crippen molar-refractivity contribution < 1.29 is 19.0 Å². The van der Waals surface area contributed by atoms with Gasteiger partial charge in [-0.15, -0.1) is 0 Å². The van der Waals surface area contributed by atoms with Gasteiger partial charge in [-0.1, -0.05) is 30.3 Å². The molecule has 0 bridgehead atoms. The van der Waals surface area contributed by atoms with Gasteiger partial charge in [-0.25, -0.2) is 4.79 Å². The van der Waals surface area contributed by atoms with Gasteiger partial charge < -0.3 is 19.1 Å². The van der Waals surface area contributed by atoms with E-state index in [4.69, 9.17) is 14.2 Å². The van der Waals surface area contributed by atoms with Crippen LogP contribution in [0.1, 0.15) is 26.3 Å². The summed E-state index contributed by atoms with van der Waals surface area (Å²) in [7, 11) is 0. The van der Waals surface area contributed by atoms with Crippen molar-refractivity contribution in [2.45, 2.75) is 39.0 Å². The molecular formula is C23H37N3O4. The van der Waals surface area contributed by atoms with Crippen molar-refractivity contribution in [3.63, 3.8) is 0 Å². The Morgan fingerprint density at radius 2 is 1.70 bits per heavy atom. The van der Waals surface area contributed by atoms with Gasteiger partial charge in [0.05, 0.1) is 26.4 Å². The van der Waals surface area contributed by atoms with Crippen LogP contribution in [0.25, 0.3) is 0 Å². The molecule has 0 N–H and O–H groups in total. The van der Waals surface area contributed by atoms with Gasteiger partial charge in [-0.3, -0.25) is 9.80 Å². The summed E-state index contributed by atoms with van der Waals surface area (Å²) >= 11 is 0. The summed E-state index contributed by atoms with van der Waals surface area (Å²) in [6, 6.07) is 10.6. The van der Waals surface area contributed by atoms with Crippen molar-refractivity contribution in [1.29, 1.82) is 0 Å². The molecule has 7 heteroatoms. The highest BCUT2D eigenvalue weighted by Gasteiger charge is 2.29. The summed E-state index contributed by atoms with van der Waals surface area (Å²) < 4.78 is 17.1. The number of hydrogen-bond donors (Lipinski definition) is 0. The molecule has 30 heavy (non-hydrogen) atoms. The molecule has 2 saturated heterocycles. The van der Waals surface area contributed by atoms with Crippen molar-refractivity contribution in [2.24, 2.45) is 0 Å². The van der Waals surface area contributed by atoms with E-state index in [1.54, 1.807) is 0 Å². The van der Waals surface area contributed by atoms with Crippen LogP contribution in [-0.2, 0) is 20.8 Å². The molecule has 2 aliphatic heterocycles. The maximum Gasteiger partial charge on any atom is 0.410 e. The van der Waals surface area contributed by atoms with Gasteiger partial charge >= 0.3 is 6.09 Å². The number of rotatable bonds is 7. The topological polar surface area (TPSA) is 54.5 Å². The Bertz CT molecular complexity index is 636. The van der Waals surface area contributed by atoms with Gasteiger partial charge in [0, 0.05) is 51.9 Å². The first-order valence-electron chi connectivity index (χ1n) is 11.0. The Labute approximate surface area is 180 Å². The van der Waals surface area contributed by atoms with E-state index in [9.17, 15) is 4.79 Å². The summed E-state index contributed by atoms with van der Waals surface area (Å²) in [6.07, 6.45) is -0.210. The molecule has 0 unspecified atom stereocenters. The molecule has 2 heterocycles. The highest BCUT2D eigenvalue weighted by Crippen LogP contribution is 2.14. The third-order valence-electron chi connectivity index (χ3n) is 5.48. The van der Waals surface area contributed by atoms with E-state index in [0.717, 1.165) is 45.9 Å². The van der Waals surface area contributed by atoms with E-state index in [1.165, 1.54) is 5.56 Å². The lowest BCUT2D eigenvalue weighted by Gasteiger charge is -2.40. The van der Waals surface area contributed by atoms with Crippen LogP contribution < -0.4 is 0 Å². The first-order chi connectivity index (χ1) is 14.4. The van der Waals surface area contributed by atoms with Crippen LogP contribution in [0, 0.1) is 0 Å². The van der Waals surface area contributed by atoms with Crippen LogP contribution in [0.3, 0.4) is 0 Å². The van der Waals surface area contributed by atoms with Gasteiger partial charge in [0.15, 0.2) is 0 Å². The minimum atomic E-state index is -0.453. The second-order valence-electron chi connectivity index (χ2n) is 9.07. The molecule has 0 spiro atoms. The zero-order chi connectivity index (χ0) is 21.4. The number of amides is 1. The highest BCUT2D eigenvalue weighted by molar-refractivity contribution is 5.68. The molecule has 0 radical (unpaired) electrons. The Morgan fingerprint density at radius 1 is 1.03 bits per heavy atom. The second-order valence-corrected chi connectivity index (χ2v) is 9.07. The number of nitrogens with zero attached hydrogens (tertiary/aromatic N) is 3. The van der Waals surface area contributed by atoms with E-state index in [0.29, 0.717) is 32.3 Å². The normalized spacial score (nSPS) is 20.2. The lowest BCUT2D eigenvalue weighted by molar-refractivity contribution is -0.0286. The monoisotopic (exact) mass is 419 g/mol. The molecule has 3 rings (SSSR count). The first kappa shape index (κ1) is 23.0. The number of benzene rings is 1. The molecule has 2 fully saturated rings. The Hall–Kier alpha value is -1.67. The van der Waals surface area contributed by atoms with Gasteiger partial charge in [-0.2, -0.15) is 0 Å². The van der Waals surface area contributed by atoms with Gasteiger partial charge in [0.2, 0.25) is 0 Å². The standard InChI is InChI=1S/C23H37N3O4/c1-23(2,3)30-22(27)26-11-9-24(10-12-26)17-21(25-13-15-28-16-14-25)19-29-18-20-7-5-4-6-8-20/h4-8,21H,9-19H2,1-3H3/t21-/m0/s1. The molecule has 168 valence electrons. The minimum absolute atomic E-state index is 0.210. The zero-order valence-electron chi connectivity index (χ0n) is 18.7. The Kier molecular flexibility index (Phi) is 8.50. The van der Waals surface area contributed by atoms with Crippen LogP contribution in [0.4, 0.5) is 4.79 Å². The fraction of sp³-hybridized carbons (Fsp3) is 0.696. The maximum absolute atomic E-state index is 12.3. The quantitative estimate of drug-likeness (QED) is 0.677. The summed E-state index contributed by atoms with van der Waals surface area (Å²) in [5.41, 5.74) is 0.746. The Morgan fingerprint density at radius 3 is 2.33 bits per heavy atom. The predicted octanol–water partition coefficient (Wildman–Crippen LogP) is 2.46. The average molecular weight is 420 g/mol. The van der Waals surface area contributed by atoms with E-state index in [-0.39, 0.29) is 6.09 Å². The SMILES string of the molecule is CC(C)(C)OC(=O)N1CCN(C[C@@H](COCc2ccccc2)N2CCOCC2)CC1. The number of ether oxygens (including phenoxy) is 3. The largest absolute Gasteiger partial charge is 0.444 e. The molecule has 1 aromatic carbocycles. The molecule has 2 aliphatic rings. The zero-order valence-corrected chi connectivity index (χ0v) is 18.7. The third kappa shape index (κ3) is 7.54. The van der Waals surface area contributed by atoms with E-state index in [2.05, 4.69) is 21.9 Å². The summed E-state index contributed by atoms with van der Waals surface area (Å²) in [5.74, 6) is 0. The number of carbonyl (C=O) groups excluding carboxylic acids is 1. The molecule has 1 amide bonds. The van der Waals surface area contributed by atoms with Gasteiger partial charge in [-0.05, 0) is 26.3 Å². The highest BCUT2D eigenvalue weighted by atomic mass is 16.6. The molecule has 0 aromatic heterocycles. The van der Waals surface area contributed by atoms with Gasteiger partial charge in [0.1, 0.15) is 5.60 Å². The van der Waals surface area contributed by atoms with Crippen LogP contribution >= 0.6 is 0 Å². The average Bonchev–Trinajstić information content (AvgIpc) is 2.74. The van der Waals surface area contributed by atoms with E-state index >= 15 is 0 Å². The number of piperazine rings is 1. The maximum atomic E-state index is 12.3. The van der Waals surface area contributed by atoms with Crippen LogP contribution in [0.2, 0.25) is 0 Å². The lowest BCUT2D eigenvalue weighted by Crippen LogP contribution is -2.55. The van der Waals surface area contributed by atoms with Crippen LogP contribution in [0.15, 0.2) is 30.3 Å². The molecule has 7 nitrogen and oxygen atoms in total. The van der Waals surface area contributed by atoms with E-state index in [1.807, 2.05) is 43.9 Å². The first-order valence-corrected chi connectivity index (χ1v) is 11.0. The number of morpholine rings is 1. The molecular weight excluding hydrogens is 382 g/mol. The molecule has 0 aliphatic carbocycles. The predicted molar refractivity (Wildman–Crippen MR) is 117 cm³/mol. The van der Waals surface area contributed by atoms with Gasteiger partial charge in [0.25, 0.3) is 0 Å². The third-order valence-corrected chi connectivity index (χ3v) is 5.48. The molecule has 0 saturated carbocycles. The fourth-order valence-electron chi connectivity index (χ4n) is 3.84. The molecule has 1 aromatic rings. The number of carbonyl (C=O) groups is 1. The summed E-state index contributed by atoms with van der Waals surface area (Å²) in [5, 5.41) is 0. The second kappa shape index (κ2) is 11.1. The van der Waals surface area contributed by atoms with E-state index < -0.39 is 5.60 Å². The van der Waals surface area contributed by atoms with Crippen LogP contribution in [-0.4, -0.2) is 98.1 Å². The fourth-order valence-corrected chi connectivity index (χ4v) is 3.84. The van der Waals surface area contributed by atoms with Crippen molar-refractivity contribution in [1.82, 2.24) is 14.7 Å². The number of hydrogen-bond acceptors (Lipinski definition) is 6.